The predicted octanol–water partition coefficient (Wildman–Crippen LogP) is 2.60. The maximum absolute atomic E-state index is 13.2. The summed E-state index contributed by atoms with van der Waals surface area (Å²) in [7, 11) is 0. The molecule has 150 valence electrons. The van der Waals surface area contributed by atoms with Crippen molar-refractivity contribution in [1.29, 1.82) is 0 Å². The van der Waals surface area contributed by atoms with Gasteiger partial charge in [-0.2, -0.15) is 0 Å². The van der Waals surface area contributed by atoms with Crippen LogP contribution in [0.3, 0.4) is 0 Å². The first-order valence-electron chi connectivity index (χ1n) is 9.80. The lowest BCUT2D eigenvalue weighted by atomic mass is 10.2. The number of carbonyl (C=O) groups is 1. The van der Waals surface area contributed by atoms with Crippen LogP contribution in [0.25, 0.3) is 0 Å². The zero-order valence-electron chi connectivity index (χ0n) is 16.3. The molecule has 0 radical (unpaired) electrons. The van der Waals surface area contributed by atoms with E-state index in [1.165, 1.54) is 25.0 Å². The highest BCUT2D eigenvalue weighted by molar-refractivity contribution is 5.81. The first-order chi connectivity index (χ1) is 13.1. The van der Waals surface area contributed by atoms with Gasteiger partial charge in [-0.05, 0) is 38.8 Å². The van der Waals surface area contributed by atoms with E-state index in [9.17, 15) is 9.18 Å². The van der Waals surface area contributed by atoms with Crippen LogP contribution in [0.2, 0.25) is 0 Å². The number of aliphatic imine (C=N–C) groups is 1. The summed E-state index contributed by atoms with van der Waals surface area (Å²) in [4.78, 5) is 16.4. The molecule has 1 fully saturated rings. The summed E-state index contributed by atoms with van der Waals surface area (Å²) in [6, 6.07) is 6.41. The summed E-state index contributed by atoms with van der Waals surface area (Å²) >= 11 is 0. The zero-order chi connectivity index (χ0) is 19.5. The molecule has 0 aliphatic heterocycles. The molecule has 1 amide bonds. The van der Waals surface area contributed by atoms with Gasteiger partial charge in [0, 0.05) is 31.6 Å². The van der Waals surface area contributed by atoms with Gasteiger partial charge in [0.25, 0.3) is 0 Å². The molecule has 1 aliphatic rings. The van der Waals surface area contributed by atoms with Crippen LogP contribution in [0.15, 0.2) is 29.3 Å². The van der Waals surface area contributed by atoms with Crippen LogP contribution >= 0.6 is 0 Å². The summed E-state index contributed by atoms with van der Waals surface area (Å²) in [6.07, 6.45) is 4.80. The highest BCUT2D eigenvalue weighted by Gasteiger charge is 2.16. The van der Waals surface area contributed by atoms with E-state index >= 15 is 0 Å². The van der Waals surface area contributed by atoms with E-state index in [0.29, 0.717) is 37.3 Å². The maximum atomic E-state index is 13.2. The van der Waals surface area contributed by atoms with Crippen molar-refractivity contribution < 1.29 is 13.9 Å². The van der Waals surface area contributed by atoms with Crippen LogP contribution in [0.4, 0.5) is 4.39 Å². The number of benzene rings is 1. The smallest absolute Gasteiger partial charge is 0.221 e. The number of rotatable bonds is 9. The van der Waals surface area contributed by atoms with E-state index in [4.69, 9.17) is 4.74 Å². The lowest BCUT2D eigenvalue weighted by Crippen LogP contribution is -2.41. The molecular weight excluding hydrogens is 347 g/mol. The molecule has 27 heavy (non-hydrogen) atoms. The second-order valence-electron chi connectivity index (χ2n) is 6.83. The molecule has 0 heterocycles. The molecule has 1 unspecified atom stereocenters. The van der Waals surface area contributed by atoms with Crippen LogP contribution < -0.4 is 20.7 Å². The number of hydrogen-bond donors (Lipinski definition) is 3. The molecule has 0 aromatic heterocycles. The van der Waals surface area contributed by atoms with E-state index < -0.39 is 0 Å². The van der Waals surface area contributed by atoms with E-state index in [2.05, 4.69) is 20.9 Å². The quantitative estimate of drug-likeness (QED) is 0.456. The summed E-state index contributed by atoms with van der Waals surface area (Å²) < 4.78 is 18.9. The van der Waals surface area contributed by atoms with Crippen LogP contribution in [0, 0.1) is 5.82 Å². The van der Waals surface area contributed by atoms with Gasteiger partial charge in [-0.1, -0.05) is 18.9 Å². The average molecular weight is 378 g/mol. The van der Waals surface area contributed by atoms with Crippen molar-refractivity contribution in [3.8, 4) is 5.75 Å². The molecule has 1 saturated carbocycles. The van der Waals surface area contributed by atoms with Crippen molar-refractivity contribution in [2.24, 2.45) is 4.99 Å². The van der Waals surface area contributed by atoms with E-state index in [1.54, 1.807) is 12.1 Å². The Morgan fingerprint density at radius 1 is 1.33 bits per heavy atom. The molecule has 7 heteroatoms. The number of nitrogens with one attached hydrogen (secondary N) is 3. The summed E-state index contributed by atoms with van der Waals surface area (Å²) in [5.41, 5.74) is 0. The minimum absolute atomic E-state index is 0.0769. The highest BCUT2D eigenvalue weighted by atomic mass is 19.1. The Balaban J connectivity index is 1.72. The Bertz CT molecular complexity index is 618. The molecular formula is C20H31FN4O2. The Kier molecular flexibility index (Phi) is 8.87. The van der Waals surface area contributed by atoms with E-state index in [1.807, 2.05) is 13.8 Å². The lowest BCUT2D eigenvalue weighted by molar-refractivity contribution is -0.121. The second kappa shape index (κ2) is 11.4. The van der Waals surface area contributed by atoms with Gasteiger partial charge in [-0.25, -0.2) is 9.38 Å². The van der Waals surface area contributed by atoms with Crippen LogP contribution in [0.5, 0.6) is 5.75 Å². The molecule has 0 spiro atoms. The van der Waals surface area contributed by atoms with Crippen molar-refractivity contribution >= 4 is 11.9 Å². The Morgan fingerprint density at radius 2 is 2.11 bits per heavy atom. The maximum Gasteiger partial charge on any atom is 0.221 e. The van der Waals surface area contributed by atoms with Crippen molar-refractivity contribution in [2.45, 2.75) is 58.1 Å². The van der Waals surface area contributed by atoms with Gasteiger partial charge in [0.2, 0.25) is 5.91 Å². The summed E-state index contributed by atoms with van der Waals surface area (Å²) in [6.45, 7) is 5.52. The van der Waals surface area contributed by atoms with Crippen LogP contribution in [-0.4, -0.2) is 43.6 Å². The molecule has 1 aromatic rings. The minimum atomic E-state index is -0.325. The highest BCUT2D eigenvalue weighted by Crippen LogP contribution is 2.17. The van der Waals surface area contributed by atoms with Gasteiger partial charge in [0.15, 0.2) is 5.96 Å². The van der Waals surface area contributed by atoms with Gasteiger partial charge < -0.3 is 20.7 Å². The van der Waals surface area contributed by atoms with Gasteiger partial charge in [0.1, 0.15) is 17.7 Å². The topological polar surface area (TPSA) is 74.8 Å². The number of carbonyl (C=O) groups excluding carboxylic acids is 1. The number of amides is 1. The summed E-state index contributed by atoms with van der Waals surface area (Å²) in [5.74, 6) is 0.877. The number of guanidine groups is 1. The first kappa shape index (κ1) is 21.0. The molecule has 0 bridgehead atoms. The second-order valence-corrected chi connectivity index (χ2v) is 6.83. The number of hydrogen-bond acceptors (Lipinski definition) is 3. The third-order valence-electron chi connectivity index (χ3n) is 4.35. The molecule has 1 aliphatic carbocycles. The fraction of sp³-hybridized carbons (Fsp3) is 0.600. The fourth-order valence-electron chi connectivity index (χ4n) is 3.04. The first-order valence-corrected chi connectivity index (χ1v) is 9.80. The third kappa shape index (κ3) is 8.28. The summed E-state index contributed by atoms with van der Waals surface area (Å²) in [5, 5.41) is 9.39. The fourth-order valence-corrected chi connectivity index (χ4v) is 3.04. The van der Waals surface area contributed by atoms with E-state index in [-0.39, 0.29) is 17.8 Å². The molecule has 2 rings (SSSR count). The standard InChI is InChI=1S/C20H31FN4O2/c1-3-22-20(23-12-11-19(26)25-17-8-4-5-9-17)24-14-15(2)27-18-10-6-7-16(21)13-18/h6-7,10,13,15,17H,3-5,8-9,11-12,14H2,1-2H3,(H,25,26)(H2,22,23,24). The van der Waals surface area contributed by atoms with Gasteiger partial charge >= 0.3 is 0 Å². The monoisotopic (exact) mass is 378 g/mol. The third-order valence-corrected chi connectivity index (χ3v) is 4.35. The van der Waals surface area contributed by atoms with Crippen LogP contribution in [0.1, 0.15) is 46.0 Å². The molecule has 6 nitrogen and oxygen atoms in total. The lowest BCUT2D eigenvalue weighted by Gasteiger charge is -2.16. The Morgan fingerprint density at radius 3 is 2.81 bits per heavy atom. The molecule has 1 atom stereocenters. The van der Waals surface area contributed by atoms with Crippen molar-refractivity contribution in [3.63, 3.8) is 0 Å². The minimum Gasteiger partial charge on any atom is -0.489 e. The Labute approximate surface area is 161 Å². The van der Waals surface area contributed by atoms with Gasteiger partial charge in [-0.3, -0.25) is 4.79 Å². The predicted molar refractivity (Wildman–Crippen MR) is 105 cm³/mol. The molecule has 0 saturated heterocycles. The number of nitrogens with zero attached hydrogens (tertiary/aromatic N) is 1. The molecule has 1 aromatic carbocycles. The molecule has 3 N–H and O–H groups in total. The zero-order valence-corrected chi connectivity index (χ0v) is 16.3. The van der Waals surface area contributed by atoms with E-state index in [0.717, 1.165) is 19.4 Å². The number of ether oxygens (including phenoxy) is 1. The number of halogens is 1. The van der Waals surface area contributed by atoms with Crippen molar-refractivity contribution in [1.82, 2.24) is 16.0 Å². The average Bonchev–Trinajstić information content (AvgIpc) is 3.12. The van der Waals surface area contributed by atoms with Crippen LogP contribution in [-0.2, 0) is 4.79 Å². The van der Waals surface area contributed by atoms with Gasteiger partial charge in [-0.15, -0.1) is 0 Å². The SMILES string of the molecule is CCNC(=NCC(C)Oc1cccc(F)c1)NCCC(=O)NC1CCCC1. The normalized spacial score (nSPS) is 16.0. The largest absolute Gasteiger partial charge is 0.489 e. The van der Waals surface area contributed by atoms with Gasteiger partial charge in [0.05, 0.1) is 6.54 Å². The Hall–Kier alpha value is -2.31. The van der Waals surface area contributed by atoms with Crippen molar-refractivity contribution in [3.05, 3.63) is 30.1 Å². The van der Waals surface area contributed by atoms with Crippen molar-refractivity contribution in [2.75, 3.05) is 19.6 Å².